The highest BCUT2D eigenvalue weighted by molar-refractivity contribution is 7.21. The quantitative estimate of drug-likeness (QED) is 0.908. The van der Waals surface area contributed by atoms with Gasteiger partial charge in [0, 0.05) is 19.3 Å². The molecule has 106 valence electrons. The van der Waals surface area contributed by atoms with Crippen LogP contribution in [0, 0.1) is 0 Å². The SMILES string of the molecule is CC1(CNC(=O)c2sc3cccnc3c2N)CCCO1. The first-order valence-corrected chi connectivity index (χ1v) is 7.46. The van der Waals surface area contributed by atoms with Crippen LogP contribution in [-0.2, 0) is 4.74 Å². The number of carbonyl (C=O) groups excluding carboxylic acids is 1. The zero-order chi connectivity index (χ0) is 14.2. The molecule has 1 unspecified atom stereocenters. The molecule has 3 heterocycles. The maximum atomic E-state index is 12.3. The molecular weight excluding hydrogens is 274 g/mol. The summed E-state index contributed by atoms with van der Waals surface area (Å²) in [5, 5.41) is 2.92. The van der Waals surface area contributed by atoms with Crippen molar-refractivity contribution in [1.82, 2.24) is 10.3 Å². The number of pyridine rings is 1. The molecule has 1 fully saturated rings. The number of nitrogens with one attached hydrogen (secondary N) is 1. The van der Waals surface area contributed by atoms with Crippen molar-refractivity contribution >= 4 is 33.1 Å². The molecule has 0 aliphatic carbocycles. The topological polar surface area (TPSA) is 77.2 Å². The fraction of sp³-hybridized carbons (Fsp3) is 0.429. The largest absolute Gasteiger partial charge is 0.396 e. The molecule has 1 amide bonds. The molecule has 0 spiro atoms. The van der Waals surface area contributed by atoms with E-state index in [-0.39, 0.29) is 11.5 Å². The molecule has 0 bridgehead atoms. The first-order chi connectivity index (χ1) is 9.59. The number of nitrogens with zero attached hydrogens (tertiary/aromatic N) is 1. The van der Waals surface area contributed by atoms with Gasteiger partial charge < -0.3 is 15.8 Å². The van der Waals surface area contributed by atoms with Gasteiger partial charge in [-0.1, -0.05) is 0 Å². The third-order valence-electron chi connectivity index (χ3n) is 3.61. The number of nitrogens with two attached hydrogens (primary N) is 1. The van der Waals surface area contributed by atoms with Crippen LogP contribution >= 0.6 is 11.3 Å². The van der Waals surface area contributed by atoms with Crippen molar-refractivity contribution in [2.75, 3.05) is 18.9 Å². The Morgan fingerprint density at radius 2 is 2.50 bits per heavy atom. The molecule has 3 N–H and O–H groups in total. The lowest BCUT2D eigenvalue weighted by Crippen LogP contribution is -2.40. The van der Waals surface area contributed by atoms with Gasteiger partial charge in [-0.15, -0.1) is 11.3 Å². The maximum Gasteiger partial charge on any atom is 0.263 e. The summed E-state index contributed by atoms with van der Waals surface area (Å²) in [5.74, 6) is -0.151. The molecule has 1 atom stereocenters. The standard InChI is InChI=1S/C14H17N3O2S/c1-14(5-3-7-19-14)8-17-13(18)12-10(15)11-9(20-12)4-2-6-16-11/h2,4,6H,3,5,7-8,15H2,1H3,(H,17,18). The molecule has 0 saturated carbocycles. The molecule has 0 aromatic carbocycles. The van der Waals surface area contributed by atoms with Crippen molar-refractivity contribution < 1.29 is 9.53 Å². The highest BCUT2D eigenvalue weighted by Crippen LogP contribution is 2.32. The van der Waals surface area contributed by atoms with Crippen molar-refractivity contribution in [1.29, 1.82) is 0 Å². The van der Waals surface area contributed by atoms with Gasteiger partial charge in [0.25, 0.3) is 5.91 Å². The highest BCUT2D eigenvalue weighted by Gasteiger charge is 2.30. The molecule has 6 heteroatoms. The minimum absolute atomic E-state index is 0.151. The summed E-state index contributed by atoms with van der Waals surface area (Å²) in [7, 11) is 0. The Balaban J connectivity index is 1.77. The van der Waals surface area contributed by atoms with Crippen molar-refractivity contribution in [3.8, 4) is 0 Å². The van der Waals surface area contributed by atoms with E-state index in [1.165, 1.54) is 11.3 Å². The first kappa shape index (κ1) is 13.3. The molecule has 1 aliphatic rings. The van der Waals surface area contributed by atoms with E-state index in [1.54, 1.807) is 6.20 Å². The summed E-state index contributed by atoms with van der Waals surface area (Å²) in [6.07, 6.45) is 3.69. The summed E-state index contributed by atoms with van der Waals surface area (Å²) in [4.78, 5) is 17.0. The Labute approximate surface area is 121 Å². The van der Waals surface area contributed by atoms with Crippen LogP contribution in [0.3, 0.4) is 0 Å². The number of amides is 1. The summed E-state index contributed by atoms with van der Waals surface area (Å²) >= 11 is 1.37. The van der Waals surface area contributed by atoms with Gasteiger partial charge in [0.1, 0.15) is 10.4 Å². The fourth-order valence-corrected chi connectivity index (χ4v) is 3.44. The Kier molecular flexibility index (Phi) is 3.35. The second-order valence-corrected chi connectivity index (χ2v) is 6.33. The monoisotopic (exact) mass is 291 g/mol. The van der Waals surface area contributed by atoms with E-state index in [1.807, 2.05) is 19.1 Å². The number of aromatic nitrogens is 1. The van der Waals surface area contributed by atoms with Crippen LogP contribution in [0.2, 0.25) is 0 Å². The third kappa shape index (κ3) is 2.36. The molecule has 2 aromatic rings. The minimum atomic E-state index is -0.251. The Bertz CT molecular complexity index is 647. The van der Waals surface area contributed by atoms with Crippen LogP contribution in [-0.4, -0.2) is 29.6 Å². The van der Waals surface area contributed by atoms with Gasteiger partial charge >= 0.3 is 0 Å². The lowest BCUT2D eigenvalue weighted by molar-refractivity contribution is 0.0206. The number of nitrogen functional groups attached to an aromatic ring is 1. The normalized spacial score (nSPS) is 22.2. The molecule has 0 radical (unpaired) electrons. The third-order valence-corrected chi connectivity index (χ3v) is 4.77. The second kappa shape index (κ2) is 5.03. The number of ether oxygens (including phenoxy) is 1. The van der Waals surface area contributed by atoms with Crippen LogP contribution in [0.25, 0.3) is 10.2 Å². The smallest absolute Gasteiger partial charge is 0.263 e. The lowest BCUT2D eigenvalue weighted by Gasteiger charge is -2.23. The number of hydrogen-bond donors (Lipinski definition) is 2. The van der Waals surface area contributed by atoms with E-state index in [0.717, 1.165) is 24.1 Å². The number of rotatable bonds is 3. The van der Waals surface area contributed by atoms with E-state index in [0.29, 0.717) is 22.6 Å². The molecular formula is C14H17N3O2S. The zero-order valence-corrected chi connectivity index (χ0v) is 12.1. The average Bonchev–Trinajstić information content (AvgIpc) is 3.02. The van der Waals surface area contributed by atoms with Crippen molar-refractivity contribution in [3.63, 3.8) is 0 Å². The van der Waals surface area contributed by atoms with E-state index >= 15 is 0 Å². The van der Waals surface area contributed by atoms with Crippen LogP contribution < -0.4 is 11.1 Å². The summed E-state index contributed by atoms with van der Waals surface area (Å²) in [5.41, 5.74) is 6.92. The number of thiophene rings is 1. The summed E-state index contributed by atoms with van der Waals surface area (Å²) in [6.45, 7) is 3.30. The number of fused-ring (bicyclic) bond motifs is 1. The predicted molar refractivity (Wildman–Crippen MR) is 80.0 cm³/mol. The van der Waals surface area contributed by atoms with Crippen molar-refractivity contribution in [3.05, 3.63) is 23.2 Å². The first-order valence-electron chi connectivity index (χ1n) is 6.64. The average molecular weight is 291 g/mol. The summed E-state index contributed by atoms with van der Waals surface area (Å²) in [6, 6.07) is 3.76. The minimum Gasteiger partial charge on any atom is -0.396 e. The predicted octanol–water partition coefficient (Wildman–Crippen LogP) is 2.18. The second-order valence-electron chi connectivity index (χ2n) is 5.28. The molecule has 2 aromatic heterocycles. The zero-order valence-electron chi connectivity index (χ0n) is 11.3. The Morgan fingerprint density at radius 1 is 1.65 bits per heavy atom. The van der Waals surface area contributed by atoms with Gasteiger partial charge in [-0.3, -0.25) is 9.78 Å². The van der Waals surface area contributed by atoms with Gasteiger partial charge in [0.05, 0.1) is 16.0 Å². The highest BCUT2D eigenvalue weighted by atomic mass is 32.1. The van der Waals surface area contributed by atoms with Crippen LogP contribution in [0.5, 0.6) is 0 Å². The van der Waals surface area contributed by atoms with Crippen LogP contribution in [0.15, 0.2) is 18.3 Å². The lowest BCUT2D eigenvalue weighted by atomic mass is 10.0. The van der Waals surface area contributed by atoms with Gasteiger partial charge in [0.2, 0.25) is 0 Å². The van der Waals surface area contributed by atoms with Gasteiger partial charge in [-0.2, -0.15) is 0 Å². The van der Waals surface area contributed by atoms with Crippen molar-refractivity contribution in [2.45, 2.75) is 25.4 Å². The Morgan fingerprint density at radius 3 is 3.20 bits per heavy atom. The molecule has 3 rings (SSSR count). The fourth-order valence-electron chi connectivity index (χ4n) is 2.44. The van der Waals surface area contributed by atoms with Crippen LogP contribution in [0.1, 0.15) is 29.4 Å². The van der Waals surface area contributed by atoms with E-state index < -0.39 is 0 Å². The van der Waals surface area contributed by atoms with Gasteiger partial charge in [-0.25, -0.2) is 0 Å². The van der Waals surface area contributed by atoms with E-state index in [4.69, 9.17) is 10.5 Å². The van der Waals surface area contributed by atoms with E-state index in [2.05, 4.69) is 10.3 Å². The van der Waals surface area contributed by atoms with Gasteiger partial charge in [-0.05, 0) is 31.9 Å². The van der Waals surface area contributed by atoms with E-state index in [9.17, 15) is 4.79 Å². The molecule has 1 saturated heterocycles. The number of hydrogen-bond acceptors (Lipinski definition) is 5. The van der Waals surface area contributed by atoms with Crippen LogP contribution in [0.4, 0.5) is 5.69 Å². The molecule has 5 nitrogen and oxygen atoms in total. The van der Waals surface area contributed by atoms with Gasteiger partial charge in [0.15, 0.2) is 0 Å². The molecule has 1 aliphatic heterocycles. The number of anilines is 1. The maximum absolute atomic E-state index is 12.3. The van der Waals surface area contributed by atoms with Crippen molar-refractivity contribution in [2.24, 2.45) is 0 Å². The Hall–Kier alpha value is -1.66. The number of carbonyl (C=O) groups is 1. The molecule has 20 heavy (non-hydrogen) atoms. The summed E-state index contributed by atoms with van der Waals surface area (Å²) < 4.78 is 6.59.